The molecule has 2 amide bonds. The van der Waals surface area contributed by atoms with Crippen LogP contribution in [-0.4, -0.2) is 48.6 Å². The fourth-order valence-corrected chi connectivity index (χ4v) is 3.69. The van der Waals surface area contributed by atoms with Crippen molar-refractivity contribution < 1.29 is 18.7 Å². The lowest BCUT2D eigenvalue weighted by Gasteiger charge is -2.35. The summed E-state index contributed by atoms with van der Waals surface area (Å²) in [7, 11) is 0. The molecule has 2 aromatic carbocycles. The normalized spacial score (nSPS) is 19.3. The smallest absolute Gasteiger partial charge is 0.251 e. The first-order chi connectivity index (χ1) is 14.4. The quantitative estimate of drug-likeness (QED) is 0.732. The Kier molecular flexibility index (Phi) is 7.54. The monoisotopic (exact) mass is 413 g/mol. The van der Waals surface area contributed by atoms with Crippen LogP contribution in [0.2, 0.25) is 0 Å². The summed E-state index contributed by atoms with van der Waals surface area (Å²) in [5, 5.41) is 5.35. The molecule has 7 heteroatoms. The maximum absolute atomic E-state index is 13.2. The largest absolute Gasteiger partial charge is 0.373 e. The van der Waals surface area contributed by atoms with Gasteiger partial charge in [0.15, 0.2) is 0 Å². The van der Waals surface area contributed by atoms with Gasteiger partial charge in [-0.05, 0) is 43.2 Å². The Hall–Kier alpha value is -2.77. The maximum atomic E-state index is 13.2. The summed E-state index contributed by atoms with van der Waals surface area (Å²) in [4.78, 5) is 26.6. The number of morpholine rings is 1. The van der Waals surface area contributed by atoms with Crippen LogP contribution in [0.15, 0.2) is 48.5 Å². The Morgan fingerprint density at radius 1 is 1.03 bits per heavy atom. The van der Waals surface area contributed by atoms with Gasteiger partial charge in [0.1, 0.15) is 5.82 Å². The highest BCUT2D eigenvalue weighted by atomic mass is 19.1. The summed E-state index contributed by atoms with van der Waals surface area (Å²) in [6.45, 7) is 6.89. The van der Waals surface area contributed by atoms with E-state index in [4.69, 9.17) is 4.74 Å². The Bertz CT molecular complexity index is 880. The van der Waals surface area contributed by atoms with Gasteiger partial charge in [0.25, 0.3) is 5.91 Å². The maximum Gasteiger partial charge on any atom is 0.251 e. The summed E-state index contributed by atoms with van der Waals surface area (Å²) in [5.74, 6) is -1.28. The van der Waals surface area contributed by atoms with Crippen LogP contribution in [0.1, 0.15) is 35.3 Å². The van der Waals surface area contributed by atoms with E-state index in [1.165, 1.54) is 18.2 Å². The van der Waals surface area contributed by atoms with Gasteiger partial charge in [0, 0.05) is 31.7 Å². The topological polar surface area (TPSA) is 70.7 Å². The van der Waals surface area contributed by atoms with Crippen molar-refractivity contribution in [2.75, 3.05) is 19.6 Å². The highest BCUT2D eigenvalue weighted by molar-refractivity contribution is 5.96. The lowest BCUT2D eigenvalue weighted by Crippen LogP contribution is -2.45. The highest BCUT2D eigenvalue weighted by Gasteiger charge is 2.22. The van der Waals surface area contributed by atoms with Crippen molar-refractivity contribution in [3.8, 4) is 0 Å². The Balaban J connectivity index is 1.50. The summed E-state index contributed by atoms with van der Waals surface area (Å²) >= 11 is 0. The minimum atomic E-state index is -0.493. The first kappa shape index (κ1) is 21.9. The van der Waals surface area contributed by atoms with Crippen molar-refractivity contribution in [3.63, 3.8) is 0 Å². The van der Waals surface area contributed by atoms with Gasteiger partial charge in [0.2, 0.25) is 5.91 Å². The number of nitrogens with zero attached hydrogens (tertiary/aromatic N) is 1. The van der Waals surface area contributed by atoms with Gasteiger partial charge in [-0.3, -0.25) is 14.5 Å². The number of amides is 2. The molecule has 2 aromatic rings. The van der Waals surface area contributed by atoms with E-state index in [1.54, 1.807) is 0 Å². The van der Waals surface area contributed by atoms with Crippen molar-refractivity contribution in [2.24, 2.45) is 0 Å². The van der Waals surface area contributed by atoms with Crippen LogP contribution in [0, 0.1) is 5.82 Å². The molecule has 0 saturated carbocycles. The SMILES string of the molecule is CC1CN(Cc2ccccc2CNC(=O)CNC(=O)c2cccc(F)c2)CC(C)O1. The summed E-state index contributed by atoms with van der Waals surface area (Å²) in [5.41, 5.74) is 2.37. The van der Waals surface area contributed by atoms with Gasteiger partial charge in [0.05, 0.1) is 18.8 Å². The molecule has 1 saturated heterocycles. The van der Waals surface area contributed by atoms with E-state index < -0.39 is 11.7 Å². The Morgan fingerprint density at radius 2 is 1.73 bits per heavy atom. The van der Waals surface area contributed by atoms with Crippen LogP contribution in [0.25, 0.3) is 0 Å². The van der Waals surface area contributed by atoms with Crippen LogP contribution in [0.3, 0.4) is 0 Å². The van der Waals surface area contributed by atoms with E-state index in [0.717, 1.165) is 36.8 Å². The van der Waals surface area contributed by atoms with Crippen LogP contribution in [-0.2, 0) is 22.6 Å². The fourth-order valence-electron chi connectivity index (χ4n) is 3.69. The van der Waals surface area contributed by atoms with Gasteiger partial charge >= 0.3 is 0 Å². The minimum absolute atomic E-state index is 0.171. The summed E-state index contributed by atoms with van der Waals surface area (Å²) < 4.78 is 19.0. The summed E-state index contributed by atoms with van der Waals surface area (Å²) in [6.07, 6.45) is 0.393. The van der Waals surface area contributed by atoms with Gasteiger partial charge in [-0.15, -0.1) is 0 Å². The molecule has 0 aromatic heterocycles. The van der Waals surface area contributed by atoms with Gasteiger partial charge in [-0.2, -0.15) is 0 Å². The predicted octanol–water partition coefficient (Wildman–Crippen LogP) is 2.48. The number of halogens is 1. The second kappa shape index (κ2) is 10.3. The molecule has 2 atom stereocenters. The zero-order valence-electron chi connectivity index (χ0n) is 17.4. The average molecular weight is 413 g/mol. The second-order valence-electron chi connectivity index (χ2n) is 7.69. The molecule has 2 N–H and O–H groups in total. The van der Waals surface area contributed by atoms with Crippen molar-refractivity contribution in [1.29, 1.82) is 0 Å². The molecule has 1 aliphatic rings. The molecule has 1 heterocycles. The molecule has 30 heavy (non-hydrogen) atoms. The number of ether oxygens (including phenoxy) is 1. The number of carbonyl (C=O) groups is 2. The third kappa shape index (κ3) is 6.37. The molecule has 0 aliphatic carbocycles. The van der Waals surface area contributed by atoms with E-state index in [-0.39, 0.29) is 30.2 Å². The molecule has 3 rings (SSSR count). The zero-order valence-corrected chi connectivity index (χ0v) is 17.4. The molecule has 0 radical (unpaired) electrons. The van der Waals surface area contributed by atoms with Gasteiger partial charge in [-0.1, -0.05) is 30.3 Å². The molecule has 0 bridgehead atoms. The van der Waals surface area contributed by atoms with Gasteiger partial charge in [-0.25, -0.2) is 4.39 Å². The first-order valence-corrected chi connectivity index (χ1v) is 10.2. The molecular weight excluding hydrogens is 385 g/mol. The number of benzene rings is 2. The van der Waals surface area contributed by atoms with Gasteiger partial charge < -0.3 is 15.4 Å². The van der Waals surface area contributed by atoms with Crippen molar-refractivity contribution in [1.82, 2.24) is 15.5 Å². The van der Waals surface area contributed by atoms with Crippen molar-refractivity contribution >= 4 is 11.8 Å². The fraction of sp³-hybridized carbons (Fsp3) is 0.391. The van der Waals surface area contributed by atoms with E-state index in [0.29, 0.717) is 6.54 Å². The second-order valence-corrected chi connectivity index (χ2v) is 7.69. The lowest BCUT2D eigenvalue weighted by atomic mass is 10.1. The Morgan fingerprint density at radius 3 is 2.43 bits per heavy atom. The third-order valence-electron chi connectivity index (χ3n) is 4.98. The molecule has 1 aliphatic heterocycles. The number of hydrogen-bond donors (Lipinski definition) is 2. The minimum Gasteiger partial charge on any atom is -0.373 e. The molecule has 2 unspecified atom stereocenters. The molecular formula is C23H28FN3O3. The van der Waals surface area contributed by atoms with Crippen LogP contribution in [0.5, 0.6) is 0 Å². The average Bonchev–Trinajstić information content (AvgIpc) is 2.70. The van der Waals surface area contributed by atoms with E-state index in [1.807, 2.05) is 18.2 Å². The summed E-state index contributed by atoms with van der Waals surface area (Å²) in [6, 6.07) is 13.4. The zero-order chi connectivity index (χ0) is 21.5. The molecule has 6 nitrogen and oxygen atoms in total. The highest BCUT2D eigenvalue weighted by Crippen LogP contribution is 2.17. The number of rotatable bonds is 7. The van der Waals surface area contributed by atoms with E-state index in [9.17, 15) is 14.0 Å². The number of carbonyl (C=O) groups excluding carboxylic acids is 2. The predicted molar refractivity (Wildman–Crippen MR) is 112 cm³/mol. The van der Waals surface area contributed by atoms with E-state index in [2.05, 4.69) is 35.4 Å². The number of nitrogens with one attached hydrogen (secondary N) is 2. The first-order valence-electron chi connectivity index (χ1n) is 10.2. The molecule has 0 spiro atoms. The number of hydrogen-bond acceptors (Lipinski definition) is 4. The van der Waals surface area contributed by atoms with Crippen molar-refractivity contribution in [2.45, 2.75) is 39.1 Å². The lowest BCUT2D eigenvalue weighted by molar-refractivity contribution is -0.120. The van der Waals surface area contributed by atoms with Crippen LogP contribution in [0.4, 0.5) is 4.39 Å². The standard InChI is InChI=1S/C23H28FN3O3/c1-16-13-27(14-17(2)30-16)15-20-7-4-3-6-19(20)11-25-22(28)12-26-23(29)18-8-5-9-21(24)10-18/h3-10,16-17H,11-15H2,1-2H3,(H,25,28)(H,26,29). The van der Waals surface area contributed by atoms with Crippen molar-refractivity contribution in [3.05, 3.63) is 71.0 Å². The Labute approximate surface area is 176 Å². The third-order valence-corrected chi connectivity index (χ3v) is 4.98. The van der Waals surface area contributed by atoms with Crippen LogP contribution >= 0.6 is 0 Å². The van der Waals surface area contributed by atoms with Crippen LogP contribution < -0.4 is 10.6 Å². The molecule has 1 fully saturated rings. The van der Waals surface area contributed by atoms with E-state index >= 15 is 0 Å². The molecule has 160 valence electrons.